The van der Waals surface area contributed by atoms with E-state index in [-0.39, 0.29) is 0 Å². The number of carboxylic acid groups (broad SMARTS) is 1. The van der Waals surface area contributed by atoms with Crippen molar-refractivity contribution in [3.63, 3.8) is 0 Å². The highest BCUT2D eigenvalue weighted by Crippen LogP contribution is 2.21. The van der Waals surface area contributed by atoms with E-state index in [0.29, 0.717) is 11.5 Å². The number of carbonyl (C=O) groups is 1. The van der Waals surface area contributed by atoms with Crippen LogP contribution in [-0.2, 0) is 4.79 Å². The number of hydrogen-bond acceptors (Lipinski definition) is 1. The van der Waals surface area contributed by atoms with Gasteiger partial charge in [-0.25, -0.2) is 4.79 Å². The first-order valence-corrected chi connectivity index (χ1v) is 9.51. The van der Waals surface area contributed by atoms with Crippen molar-refractivity contribution in [2.45, 2.75) is 104 Å². The van der Waals surface area contributed by atoms with Gasteiger partial charge in [0.05, 0.1) is 0 Å². The molecule has 0 spiro atoms. The molecule has 0 aliphatic rings. The average Bonchev–Trinajstić information content (AvgIpc) is 2.50. The summed E-state index contributed by atoms with van der Waals surface area (Å²) in [6, 6.07) is 0. The zero-order valence-corrected chi connectivity index (χ0v) is 15.2. The lowest BCUT2D eigenvalue weighted by atomic mass is 9.92. The van der Waals surface area contributed by atoms with E-state index >= 15 is 0 Å². The highest BCUT2D eigenvalue weighted by Gasteiger charge is 2.08. The van der Waals surface area contributed by atoms with Crippen molar-refractivity contribution in [2.24, 2.45) is 5.92 Å². The summed E-state index contributed by atoms with van der Waals surface area (Å²) in [5.74, 6) is -0.109. The molecule has 0 aromatic carbocycles. The summed E-state index contributed by atoms with van der Waals surface area (Å²) in [4.78, 5) is 10.8. The molecule has 0 saturated carbocycles. The number of rotatable bonds is 15. The van der Waals surface area contributed by atoms with E-state index in [9.17, 15) is 4.79 Å². The van der Waals surface area contributed by atoms with Gasteiger partial charge in [-0.3, -0.25) is 0 Å². The molecule has 1 N–H and O–H groups in total. The van der Waals surface area contributed by atoms with Crippen LogP contribution in [0.3, 0.4) is 0 Å². The van der Waals surface area contributed by atoms with E-state index in [0.717, 1.165) is 6.42 Å². The standard InChI is InChI=1S/C20H38O2/c1-4-6-7-8-9-10-11-12-13-15-19(14-5-2)17-16-18(3)20(21)22/h16,19H,4-15,17H2,1-3H3,(H,21,22). The van der Waals surface area contributed by atoms with Crippen LogP contribution in [0.15, 0.2) is 11.6 Å². The van der Waals surface area contributed by atoms with Crippen molar-refractivity contribution in [3.05, 3.63) is 11.6 Å². The largest absolute Gasteiger partial charge is 0.478 e. The molecule has 0 bridgehead atoms. The molecule has 0 heterocycles. The molecule has 1 atom stereocenters. The molecule has 0 aliphatic heterocycles. The predicted octanol–water partition coefficient (Wildman–Crippen LogP) is 6.74. The van der Waals surface area contributed by atoms with Crippen LogP contribution in [0.1, 0.15) is 104 Å². The molecule has 0 saturated heterocycles. The highest BCUT2D eigenvalue weighted by molar-refractivity contribution is 5.85. The summed E-state index contributed by atoms with van der Waals surface area (Å²) >= 11 is 0. The van der Waals surface area contributed by atoms with Crippen molar-refractivity contribution in [2.75, 3.05) is 0 Å². The van der Waals surface area contributed by atoms with Crippen LogP contribution < -0.4 is 0 Å². The molecule has 130 valence electrons. The minimum atomic E-state index is -0.779. The van der Waals surface area contributed by atoms with Gasteiger partial charge in [0.2, 0.25) is 0 Å². The molecule has 0 amide bonds. The van der Waals surface area contributed by atoms with Crippen LogP contribution in [0.25, 0.3) is 0 Å². The van der Waals surface area contributed by atoms with Crippen LogP contribution in [0.5, 0.6) is 0 Å². The lowest BCUT2D eigenvalue weighted by Gasteiger charge is -2.14. The van der Waals surface area contributed by atoms with Crippen molar-refractivity contribution < 1.29 is 9.90 Å². The van der Waals surface area contributed by atoms with Crippen LogP contribution in [0, 0.1) is 5.92 Å². The second-order valence-electron chi connectivity index (χ2n) is 6.70. The van der Waals surface area contributed by atoms with Gasteiger partial charge in [-0.2, -0.15) is 0 Å². The fourth-order valence-corrected chi connectivity index (χ4v) is 2.96. The summed E-state index contributed by atoms with van der Waals surface area (Å²) < 4.78 is 0. The van der Waals surface area contributed by atoms with Crippen molar-refractivity contribution in [3.8, 4) is 0 Å². The molecule has 0 aromatic rings. The molecule has 0 fully saturated rings. The Hall–Kier alpha value is -0.790. The fourth-order valence-electron chi connectivity index (χ4n) is 2.96. The van der Waals surface area contributed by atoms with Gasteiger partial charge in [0.1, 0.15) is 0 Å². The lowest BCUT2D eigenvalue weighted by molar-refractivity contribution is -0.132. The Morgan fingerprint density at radius 2 is 1.41 bits per heavy atom. The third kappa shape index (κ3) is 12.9. The Balaban J connectivity index is 3.69. The van der Waals surface area contributed by atoms with Crippen LogP contribution in [0.4, 0.5) is 0 Å². The SMILES string of the molecule is CCCCCCCCCCCC(CC=C(C)C(=O)O)CCC. The second-order valence-corrected chi connectivity index (χ2v) is 6.70. The predicted molar refractivity (Wildman–Crippen MR) is 96.3 cm³/mol. The quantitative estimate of drug-likeness (QED) is 0.268. The summed E-state index contributed by atoms with van der Waals surface area (Å²) in [6.45, 7) is 6.18. The monoisotopic (exact) mass is 310 g/mol. The Bertz CT molecular complexity index is 294. The molecule has 2 nitrogen and oxygen atoms in total. The van der Waals surface area contributed by atoms with Crippen LogP contribution in [0.2, 0.25) is 0 Å². The normalized spacial score (nSPS) is 13.3. The van der Waals surface area contributed by atoms with Crippen molar-refractivity contribution >= 4 is 5.97 Å². The third-order valence-electron chi connectivity index (χ3n) is 4.51. The van der Waals surface area contributed by atoms with Gasteiger partial charge >= 0.3 is 5.97 Å². The van der Waals surface area contributed by atoms with Crippen LogP contribution >= 0.6 is 0 Å². The Morgan fingerprint density at radius 1 is 0.864 bits per heavy atom. The number of carboxylic acids is 1. The molecule has 0 radical (unpaired) electrons. The minimum Gasteiger partial charge on any atom is -0.478 e. The highest BCUT2D eigenvalue weighted by atomic mass is 16.4. The molecule has 1 unspecified atom stereocenters. The maximum absolute atomic E-state index is 10.8. The number of hydrogen-bond donors (Lipinski definition) is 1. The Kier molecular flexibility index (Phi) is 14.6. The maximum atomic E-state index is 10.8. The first kappa shape index (κ1) is 21.2. The molecule has 2 heteroatoms. The molecule has 0 rings (SSSR count). The van der Waals surface area contributed by atoms with Gasteiger partial charge in [0.25, 0.3) is 0 Å². The van der Waals surface area contributed by atoms with Gasteiger partial charge in [0.15, 0.2) is 0 Å². The summed E-state index contributed by atoms with van der Waals surface area (Å²) in [7, 11) is 0. The number of aliphatic carboxylic acids is 1. The summed E-state index contributed by atoms with van der Waals surface area (Å²) in [5.41, 5.74) is 0.494. The molecular weight excluding hydrogens is 272 g/mol. The topological polar surface area (TPSA) is 37.3 Å². The number of allylic oxidation sites excluding steroid dienone is 1. The van der Waals surface area contributed by atoms with Gasteiger partial charge in [0, 0.05) is 5.57 Å². The van der Waals surface area contributed by atoms with E-state index in [2.05, 4.69) is 13.8 Å². The van der Waals surface area contributed by atoms with E-state index in [1.165, 1.54) is 77.0 Å². The van der Waals surface area contributed by atoms with Crippen molar-refractivity contribution in [1.29, 1.82) is 0 Å². The molecular formula is C20H38O2. The molecule has 0 aliphatic carbocycles. The first-order chi connectivity index (χ1) is 10.6. The van der Waals surface area contributed by atoms with E-state index in [1.54, 1.807) is 6.92 Å². The minimum absolute atomic E-state index is 0.494. The number of unbranched alkanes of at least 4 members (excludes halogenated alkanes) is 8. The van der Waals surface area contributed by atoms with E-state index < -0.39 is 5.97 Å². The van der Waals surface area contributed by atoms with Gasteiger partial charge in [-0.15, -0.1) is 0 Å². The average molecular weight is 311 g/mol. The van der Waals surface area contributed by atoms with Gasteiger partial charge in [-0.1, -0.05) is 97.0 Å². The Morgan fingerprint density at radius 3 is 1.91 bits per heavy atom. The van der Waals surface area contributed by atoms with Gasteiger partial charge < -0.3 is 5.11 Å². The fraction of sp³-hybridized carbons (Fsp3) is 0.850. The van der Waals surface area contributed by atoms with E-state index in [4.69, 9.17) is 5.11 Å². The van der Waals surface area contributed by atoms with Gasteiger partial charge in [-0.05, 0) is 19.3 Å². The zero-order chi connectivity index (χ0) is 16.6. The third-order valence-corrected chi connectivity index (χ3v) is 4.51. The molecule has 0 aromatic heterocycles. The van der Waals surface area contributed by atoms with Crippen LogP contribution in [-0.4, -0.2) is 11.1 Å². The Labute approximate surface area is 138 Å². The van der Waals surface area contributed by atoms with Crippen molar-refractivity contribution in [1.82, 2.24) is 0 Å². The summed E-state index contributed by atoms with van der Waals surface area (Å²) in [6.07, 6.45) is 18.9. The zero-order valence-electron chi connectivity index (χ0n) is 15.2. The maximum Gasteiger partial charge on any atom is 0.330 e. The summed E-state index contributed by atoms with van der Waals surface area (Å²) in [5, 5.41) is 8.91. The molecule has 22 heavy (non-hydrogen) atoms. The lowest BCUT2D eigenvalue weighted by Crippen LogP contribution is -2.02. The first-order valence-electron chi connectivity index (χ1n) is 9.51. The smallest absolute Gasteiger partial charge is 0.330 e. The second kappa shape index (κ2) is 15.1. The van der Waals surface area contributed by atoms with E-state index in [1.807, 2.05) is 6.08 Å².